The highest BCUT2D eigenvalue weighted by atomic mass is 79.9. The number of aliphatic carboxylic acids is 1. The minimum atomic E-state index is -0.835. The molecular weight excluding hydrogens is 314 g/mol. The molecule has 0 radical (unpaired) electrons. The highest BCUT2D eigenvalue weighted by Gasteiger charge is 2.06. The number of carboxylic acid groups (broad SMARTS) is 1. The summed E-state index contributed by atoms with van der Waals surface area (Å²) in [5.74, 6) is -0.323. The molecule has 5 nitrogen and oxygen atoms in total. The predicted octanol–water partition coefficient (Wildman–Crippen LogP) is 3.04. The summed E-state index contributed by atoms with van der Waals surface area (Å²) in [6.45, 7) is 0. The van der Waals surface area contributed by atoms with Gasteiger partial charge in [0.15, 0.2) is 0 Å². The summed E-state index contributed by atoms with van der Waals surface area (Å²) in [4.78, 5) is 21.9. The number of unbranched alkanes of at least 4 members (excludes halogenated alkanes) is 1. The molecule has 0 saturated carbocycles. The van der Waals surface area contributed by atoms with Crippen molar-refractivity contribution in [3.8, 4) is 5.75 Å². The van der Waals surface area contributed by atoms with Gasteiger partial charge in [0.05, 0.1) is 11.6 Å². The molecule has 0 bridgehead atoms. The maximum Gasteiger partial charge on any atom is 0.303 e. The molecule has 0 aromatic heterocycles. The molecular formula is C13H16BrNO4. The first-order valence-corrected chi connectivity index (χ1v) is 6.67. The van der Waals surface area contributed by atoms with E-state index in [0.29, 0.717) is 30.7 Å². The van der Waals surface area contributed by atoms with Crippen molar-refractivity contribution in [2.24, 2.45) is 0 Å². The SMILES string of the molecule is COc1cc(NC(=O)CCCCC(=O)O)ccc1Br. The van der Waals surface area contributed by atoms with Crippen molar-refractivity contribution >= 4 is 33.5 Å². The molecule has 0 aliphatic heterocycles. The van der Waals surface area contributed by atoms with Crippen LogP contribution in [0.3, 0.4) is 0 Å². The van der Waals surface area contributed by atoms with Crippen LogP contribution >= 0.6 is 15.9 Å². The van der Waals surface area contributed by atoms with Crippen LogP contribution in [0, 0.1) is 0 Å². The van der Waals surface area contributed by atoms with E-state index >= 15 is 0 Å². The Labute approximate surface area is 120 Å². The molecule has 0 fully saturated rings. The van der Waals surface area contributed by atoms with Crippen LogP contribution < -0.4 is 10.1 Å². The van der Waals surface area contributed by atoms with E-state index in [1.807, 2.05) is 0 Å². The summed E-state index contributed by atoms with van der Waals surface area (Å²) < 4.78 is 5.94. The number of methoxy groups -OCH3 is 1. The van der Waals surface area contributed by atoms with Crippen LogP contribution in [0.2, 0.25) is 0 Å². The standard InChI is InChI=1S/C13H16BrNO4/c1-19-11-8-9(6-7-10(11)14)15-12(16)4-2-3-5-13(17)18/h6-8H,2-5H2,1H3,(H,15,16)(H,17,18). The Morgan fingerprint density at radius 2 is 2.00 bits per heavy atom. The lowest BCUT2D eigenvalue weighted by molar-refractivity contribution is -0.137. The van der Waals surface area contributed by atoms with Crippen LogP contribution in [0.25, 0.3) is 0 Å². The minimum Gasteiger partial charge on any atom is -0.495 e. The van der Waals surface area contributed by atoms with Crippen LogP contribution in [0.5, 0.6) is 5.75 Å². The zero-order valence-corrected chi connectivity index (χ0v) is 12.2. The Bertz CT molecular complexity index is 462. The molecule has 19 heavy (non-hydrogen) atoms. The Balaban J connectivity index is 2.42. The second-order valence-electron chi connectivity index (χ2n) is 4.00. The zero-order valence-electron chi connectivity index (χ0n) is 10.6. The molecule has 2 N–H and O–H groups in total. The smallest absolute Gasteiger partial charge is 0.303 e. The number of carbonyl (C=O) groups excluding carboxylic acids is 1. The van der Waals surface area contributed by atoms with Crippen LogP contribution in [0.15, 0.2) is 22.7 Å². The first kappa shape index (κ1) is 15.5. The van der Waals surface area contributed by atoms with Crippen molar-refractivity contribution in [1.82, 2.24) is 0 Å². The fraction of sp³-hybridized carbons (Fsp3) is 0.385. The summed E-state index contributed by atoms with van der Waals surface area (Å²) in [6.07, 6.45) is 1.48. The number of rotatable bonds is 7. The number of hydrogen-bond donors (Lipinski definition) is 2. The largest absolute Gasteiger partial charge is 0.495 e. The Morgan fingerprint density at radius 3 is 2.63 bits per heavy atom. The number of carbonyl (C=O) groups is 2. The quantitative estimate of drug-likeness (QED) is 0.754. The number of ether oxygens (including phenoxy) is 1. The van der Waals surface area contributed by atoms with Crippen LogP contribution in [-0.4, -0.2) is 24.1 Å². The molecule has 6 heteroatoms. The van der Waals surface area contributed by atoms with E-state index in [9.17, 15) is 9.59 Å². The Kier molecular flexibility index (Phi) is 6.35. The molecule has 1 aromatic rings. The highest BCUT2D eigenvalue weighted by Crippen LogP contribution is 2.27. The maximum atomic E-state index is 11.6. The maximum absolute atomic E-state index is 11.6. The third-order valence-electron chi connectivity index (χ3n) is 2.48. The molecule has 0 aliphatic carbocycles. The summed E-state index contributed by atoms with van der Waals surface area (Å²) in [7, 11) is 1.55. The number of hydrogen-bond acceptors (Lipinski definition) is 3. The molecule has 1 amide bonds. The number of carboxylic acids is 1. The number of halogens is 1. The molecule has 0 unspecified atom stereocenters. The van der Waals surface area contributed by atoms with E-state index in [2.05, 4.69) is 21.2 Å². The van der Waals surface area contributed by atoms with E-state index < -0.39 is 5.97 Å². The number of amides is 1. The van der Waals surface area contributed by atoms with Gasteiger partial charge >= 0.3 is 5.97 Å². The Morgan fingerprint density at radius 1 is 1.32 bits per heavy atom. The van der Waals surface area contributed by atoms with Crippen molar-refractivity contribution < 1.29 is 19.4 Å². The van der Waals surface area contributed by atoms with Gasteiger partial charge in [0.25, 0.3) is 0 Å². The number of nitrogens with one attached hydrogen (secondary N) is 1. The summed E-state index contributed by atoms with van der Waals surface area (Å²) in [6, 6.07) is 5.28. The summed E-state index contributed by atoms with van der Waals surface area (Å²) in [5.41, 5.74) is 0.656. The molecule has 0 atom stereocenters. The average Bonchev–Trinajstić information content (AvgIpc) is 2.37. The van der Waals surface area contributed by atoms with Gasteiger partial charge in [-0.3, -0.25) is 9.59 Å². The van der Waals surface area contributed by atoms with Gasteiger partial charge in [-0.25, -0.2) is 0 Å². The van der Waals surface area contributed by atoms with E-state index in [-0.39, 0.29) is 12.3 Å². The van der Waals surface area contributed by atoms with Gasteiger partial charge in [0.2, 0.25) is 5.91 Å². The lowest BCUT2D eigenvalue weighted by Crippen LogP contribution is -2.11. The number of benzene rings is 1. The topological polar surface area (TPSA) is 75.6 Å². The fourth-order valence-corrected chi connectivity index (χ4v) is 1.93. The molecule has 104 valence electrons. The van der Waals surface area contributed by atoms with Crippen LogP contribution in [0.1, 0.15) is 25.7 Å². The van der Waals surface area contributed by atoms with E-state index in [4.69, 9.17) is 9.84 Å². The van der Waals surface area contributed by atoms with E-state index in [0.717, 1.165) is 4.47 Å². The first-order valence-electron chi connectivity index (χ1n) is 5.88. The van der Waals surface area contributed by atoms with Gasteiger partial charge in [-0.1, -0.05) is 0 Å². The van der Waals surface area contributed by atoms with E-state index in [1.54, 1.807) is 25.3 Å². The molecule has 1 aromatic carbocycles. The minimum absolute atomic E-state index is 0.0966. The fourth-order valence-electron chi connectivity index (χ4n) is 1.52. The molecule has 0 spiro atoms. The monoisotopic (exact) mass is 329 g/mol. The van der Waals surface area contributed by atoms with Gasteiger partial charge in [-0.2, -0.15) is 0 Å². The average molecular weight is 330 g/mol. The van der Waals surface area contributed by atoms with Crippen molar-refractivity contribution in [3.05, 3.63) is 22.7 Å². The van der Waals surface area contributed by atoms with Gasteiger partial charge in [-0.15, -0.1) is 0 Å². The first-order chi connectivity index (χ1) is 9.02. The molecule has 0 heterocycles. The summed E-state index contributed by atoms with van der Waals surface area (Å²) >= 11 is 3.33. The zero-order chi connectivity index (χ0) is 14.3. The third kappa shape index (κ3) is 5.74. The predicted molar refractivity (Wildman–Crippen MR) is 75.4 cm³/mol. The van der Waals surface area contributed by atoms with E-state index in [1.165, 1.54) is 0 Å². The second-order valence-corrected chi connectivity index (χ2v) is 4.85. The van der Waals surface area contributed by atoms with Gasteiger partial charge < -0.3 is 15.2 Å². The second kappa shape index (κ2) is 7.78. The molecule has 1 rings (SSSR count). The van der Waals surface area contributed by atoms with Crippen LogP contribution in [0.4, 0.5) is 5.69 Å². The van der Waals surface area contributed by atoms with Gasteiger partial charge in [0.1, 0.15) is 5.75 Å². The lowest BCUT2D eigenvalue weighted by Gasteiger charge is -2.08. The third-order valence-corrected chi connectivity index (χ3v) is 3.13. The summed E-state index contributed by atoms with van der Waals surface area (Å²) in [5, 5.41) is 11.2. The molecule has 0 aliphatic rings. The highest BCUT2D eigenvalue weighted by molar-refractivity contribution is 9.10. The molecule has 0 saturated heterocycles. The normalized spacial score (nSPS) is 10.0. The van der Waals surface area contributed by atoms with Crippen molar-refractivity contribution in [3.63, 3.8) is 0 Å². The number of anilines is 1. The van der Waals surface area contributed by atoms with Crippen molar-refractivity contribution in [1.29, 1.82) is 0 Å². The van der Waals surface area contributed by atoms with Gasteiger partial charge in [0, 0.05) is 24.6 Å². The van der Waals surface area contributed by atoms with Crippen molar-refractivity contribution in [2.45, 2.75) is 25.7 Å². The Hall–Kier alpha value is -1.56. The van der Waals surface area contributed by atoms with Crippen LogP contribution in [-0.2, 0) is 9.59 Å². The van der Waals surface area contributed by atoms with Gasteiger partial charge in [-0.05, 0) is 40.9 Å². The van der Waals surface area contributed by atoms with Crippen molar-refractivity contribution in [2.75, 3.05) is 12.4 Å². The lowest BCUT2D eigenvalue weighted by atomic mass is 10.2.